The number of anilines is 1. The van der Waals surface area contributed by atoms with E-state index >= 15 is 0 Å². The molecule has 0 aliphatic carbocycles. The number of amides is 2. The number of fused-ring (bicyclic) bond motifs is 1. The molecule has 0 spiro atoms. The van der Waals surface area contributed by atoms with E-state index in [1.165, 1.54) is 12.0 Å². The number of hydrogen-bond acceptors (Lipinski definition) is 6. The first-order valence-corrected chi connectivity index (χ1v) is 14.6. The molecular weight excluding hydrogens is 584 g/mol. The number of rotatable bonds is 11. The maximum atomic E-state index is 13.6. The molecule has 0 bridgehead atoms. The first-order valence-electron chi connectivity index (χ1n) is 14.2. The largest absolute Gasteiger partial charge is 0.481 e. The van der Waals surface area contributed by atoms with E-state index in [1.54, 1.807) is 58.2 Å². The third-order valence-electron chi connectivity index (χ3n) is 6.97. The van der Waals surface area contributed by atoms with E-state index < -0.39 is 23.7 Å². The number of alkyl carbamates (subject to hydrolysis) is 1. The fourth-order valence-corrected chi connectivity index (χ4v) is 5.04. The van der Waals surface area contributed by atoms with Crippen LogP contribution in [0.15, 0.2) is 60.7 Å². The van der Waals surface area contributed by atoms with Crippen LogP contribution >= 0.6 is 11.6 Å². The van der Waals surface area contributed by atoms with Crippen molar-refractivity contribution in [1.29, 1.82) is 0 Å². The van der Waals surface area contributed by atoms with Crippen molar-refractivity contribution in [2.75, 3.05) is 19.1 Å². The number of halogens is 1. The minimum atomic E-state index is -0.949. The molecule has 2 aromatic heterocycles. The minimum Gasteiger partial charge on any atom is -0.481 e. The van der Waals surface area contributed by atoms with Crippen molar-refractivity contribution in [2.24, 2.45) is 0 Å². The molecule has 0 aliphatic rings. The molecule has 0 unspecified atom stereocenters. The number of carbonyl (C=O) groups is 3. The summed E-state index contributed by atoms with van der Waals surface area (Å²) in [7, 11) is 3.16. The molecule has 4 rings (SSSR count). The second kappa shape index (κ2) is 13.8. The number of aromatic amines is 1. The SMILES string of the molecule is COc1ccc2[nH]c(CCc3cccc(C[C@H](NC(=O)OC(C)(C)C)C(=O)N(C)c4ccc(Cl)cc4)c3)c(CC(=O)O)c2n1. The summed E-state index contributed by atoms with van der Waals surface area (Å²) in [5.41, 5.74) is 4.46. The smallest absolute Gasteiger partial charge is 0.408 e. The van der Waals surface area contributed by atoms with Gasteiger partial charge in [-0.2, -0.15) is 0 Å². The zero-order valence-corrected chi connectivity index (χ0v) is 26.2. The summed E-state index contributed by atoms with van der Waals surface area (Å²) in [4.78, 5) is 47.3. The predicted octanol–water partition coefficient (Wildman–Crippen LogP) is 5.74. The van der Waals surface area contributed by atoms with Crippen molar-refractivity contribution < 1.29 is 29.0 Å². The lowest BCUT2D eigenvalue weighted by atomic mass is 9.99. The van der Waals surface area contributed by atoms with Crippen LogP contribution in [0.1, 0.15) is 43.2 Å². The lowest BCUT2D eigenvalue weighted by Gasteiger charge is -2.27. The predicted molar refractivity (Wildman–Crippen MR) is 170 cm³/mol. The third-order valence-corrected chi connectivity index (χ3v) is 7.22. The van der Waals surface area contributed by atoms with Crippen LogP contribution in [0.2, 0.25) is 5.02 Å². The highest BCUT2D eigenvalue weighted by Crippen LogP contribution is 2.26. The topological polar surface area (TPSA) is 134 Å². The summed E-state index contributed by atoms with van der Waals surface area (Å²) in [5.74, 6) is -0.855. The van der Waals surface area contributed by atoms with E-state index in [0.717, 1.165) is 22.3 Å². The number of likely N-dealkylation sites (N-methyl/N-ethyl adjacent to an activating group) is 1. The Hall–Kier alpha value is -4.57. The van der Waals surface area contributed by atoms with Gasteiger partial charge in [0.15, 0.2) is 0 Å². The van der Waals surface area contributed by atoms with E-state index in [-0.39, 0.29) is 18.7 Å². The molecule has 232 valence electrons. The van der Waals surface area contributed by atoms with Crippen LogP contribution < -0.4 is 15.0 Å². The Morgan fingerprint density at radius 2 is 1.75 bits per heavy atom. The van der Waals surface area contributed by atoms with Crippen molar-refractivity contribution in [2.45, 2.75) is 58.1 Å². The molecule has 0 fully saturated rings. The van der Waals surface area contributed by atoms with Gasteiger partial charge >= 0.3 is 12.1 Å². The molecule has 0 aliphatic heterocycles. The third kappa shape index (κ3) is 8.50. The number of nitrogens with one attached hydrogen (secondary N) is 2. The van der Waals surface area contributed by atoms with Gasteiger partial charge < -0.3 is 29.8 Å². The Balaban J connectivity index is 1.55. The fraction of sp³-hybridized carbons (Fsp3) is 0.333. The molecule has 0 radical (unpaired) electrons. The van der Waals surface area contributed by atoms with Gasteiger partial charge in [-0.3, -0.25) is 9.59 Å². The summed E-state index contributed by atoms with van der Waals surface area (Å²) in [5, 5.41) is 12.9. The highest BCUT2D eigenvalue weighted by Gasteiger charge is 2.28. The molecule has 10 nitrogen and oxygen atoms in total. The second-order valence-corrected chi connectivity index (χ2v) is 11.9. The number of aromatic nitrogens is 2. The Morgan fingerprint density at radius 3 is 2.41 bits per heavy atom. The van der Waals surface area contributed by atoms with Crippen molar-refractivity contribution in [3.8, 4) is 5.88 Å². The average molecular weight is 621 g/mol. The van der Waals surface area contributed by atoms with Crippen LogP contribution in [0.4, 0.5) is 10.5 Å². The van der Waals surface area contributed by atoms with Crippen molar-refractivity contribution in [1.82, 2.24) is 15.3 Å². The fourth-order valence-electron chi connectivity index (χ4n) is 4.91. The number of H-pyrrole nitrogens is 1. The number of nitrogens with zero attached hydrogens (tertiary/aromatic N) is 2. The summed E-state index contributed by atoms with van der Waals surface area (Å²) in [6, 6.07) is 17.3. The highest BCUT2D eigenvalue weighted by molar-refractivity contribution is 6.30. The summed E-state index contributed by atoms with van der Waals surface area (Å²) in [6.07, 6.45) is 0.517. The number of carbonyl (C=O) groups excluding carboxylic acids is 2. The van der Waals surface area contributed by atoms with E-state index in [2.05, 4.69) is 15.3 Å². The van der Waals surface area contributed by atoms with Crippen LogP contribution in [0, 0.1) is 0 Å². The zero-order valence-electron chi connectivity index (χ0n) is 25.4. The van der Waals surface area contributed by atoms with E-state index in [9.17, 15) is 19.5 Å². The molecular formula is C33H37ClN4O6. The van der Waals surface area contributed by atoms with Crippen LogP contribution in [-0.2, 0) is 40.0 Å². The first-order chi connectivity index (χ1) is 20.8. The highest BCUT2D eigenvalue weighted by atomic mass is 35.5. The van der Waals surface area contributed by atoms with Gasteiger partial charge in [-0.25, -0.2) is 9.78 Å². The number of carboxylic acids is 1. The van der Waals surface area contributed by atoms with Crippen LogP contribution in [0.5, 0.6) is 5.88 Å². The summed E-state index contributed by atoms with van der Waals surface area (Å²) >= 11 is 6.03. The zero-order chi connectivity index (χ0) is 32.0. The lowest BCUT2D eigenvalue weighted by Crippen LogP contribution is -2.50. The van der Waals surface area contributed by atoms with Crippen LogP contribution in [0.3, 0.4) is 0 Å². The number of aryl methyl sites for hydroxylation is 2. The Bertz CT molecular complexity index is 1640. The van der Waals surface area contributed by atoms with E-state index in [1.807, 2.05) is 30.3 Å². The van der Waals surface area contributed by atoms with Gasteiger partial charge in [-0.1, -0.05) is 35.9 Å². The number of methoxy groups -OCH3 is 1. The van der Waals surface area contributed by atoms with Gasteiger partial charge in [-0.15, -0.1) is 0 Å². The Kier molecular flexibility index (Phi) is 10.2. The van der Waals surface area contributed by atoms with E-state index in [0.29, 0.717) is 40.5 Å². The van der Waals surface area contributed by atoms with Crippen LogP contribution in [0.25, 0.3) is 11.0 Å². The normalized spacial score (nSPS) is 12.0. The first kappa shape index (κ1) is 32.3. The molecule has 0 saturated heterocycles. The minimum absolute atomic E-state index is 0.170. The number of aliphatic carboxylic acids is 1. The summed E-state index contributed by atoms with van der Waals surface area (Å²) in [6.45, 7) is 5.27. The number of ether oxygens (including phenoxy) is 2. The van der Waals surface area contributed by atoms with Gasteiger partial charge in [0.2, 0.25) is 11.8 Å². The van der Waals surface area contributed by atoms with Gasteiger partial charge in [0.05, 0.1) is 24.6 Å². The number of carboxylic acid groups (broad SMARTS) is 1. The Morgan fingerprint density at radius 1 is 1.05 bits per heavy atom. The molecule has 2 aromatic carbocycles. The van der Waals surface area contributed by atoms with Crippen molar-refractivity contribution >= 4 is 46.3 Å². The monoisotopic (exact) mass is 620 g/mol. The van der Waals surface area contributed by atoms with Crippen molar-refractivity contribution in [3.63, 3.8) is 0 Å². The molecule has 3 N–H and O–H groups in total. The Labute approximate surface area is 261 Å². The lowest BCUT2D eigenvalue weighted by molar-refractivity contribution is -0.136. The molecule has 4 aromatic rings. The maximum absolute atomic E-state index is 13.6. The van der Waals surface area contributed by atoms with Crippen molar-refractivity contribution in [3.05, 3.63) is 88.1 Å². The number of benzene rings is 2. The van der Waals surface area contributed by atoms with E-state index in [4.69, 9.17) is 21.1 Å². The van der Waals surface area contributed by atoms with Gasteiger partial charge in [0, 0.05) is 41.5 Å². The molecule has 44 heavy (non-hydrogen) atoms. The number of pyridine rings is 1. The number of hydrogen-bond donors (Lipinski definition) is 3. The maximum Gasteiger partial charge on any atom is 0.408 e. The average Bonchev–Trinajstić information content (AvgIpc) is 3.30. The molecule has 0 saturated carbocycles. The summed E-state index contributed by atoms with van der Waals surface area (Å²) < 4.78 is 10.7. The van der Waals surface area contributed by atoms with Crippen LogP contribution in [-0.4, -0.2) is 58.8 Å². The van der Waals surface area contributed by atoms with Gasteiger partial charge in [0.25, 0.3) is 0 Å². The van der Waals surface area contributed by atoms with Gasteiger partial charge in [-0.05, 0) is 75.1 Å². The molecule has 11 heteroatoms. The molecule has 1 atom stereocenters. The quantitative estimate of drug-likeness (QED) is 0.195. The molecule has 2 heterocycles. The molecule has 2 amide bonds. The van der Waals surface area contributed by atoms with Gasteiger partial charge in [0.1, 0.15) is 11.6 Å². The standard InChI is InChI=1S/C33H37ClN4O6/c1-33(2,3)44-32(42)36-27(31(41)38(4)23-12-10-22(34)11-13-23)18-21-8-6-7-20(17-21)9-14-25-24(19-29(39)40)30-26(35-25)15-16-28(37-30)43-5/h6-8,10-13,15-17,27,35H,9,14,18-19H2,1-5H3,(H,36,42)(H,39,40)/t27-/m0/s1. The second-order valence-electron chi connectivity index (χ2n) is 11.5.